The zero-order chi connectivity index (χ0) is 12.1. The molecule has 2 atom stereocenters. The standard InChI is InChI=1S/C13H23NOS/c1-5-11(9(2)3)14-12(8-15)13-10(4)6-7-16-13/h6-7,9,11-12,14-15H,5,8H2,1-4H3. The number of hydrogen-bond acceptors (Lipinski definition) is 3. The molecule has 0 radical (unpaired) electrons. The molecule has 2 nitrogen and oxygen atoms in total. The topological polar surface area (TPSA) is 32.3 Å². The first-order valence-electron chi connectivity index (χ1n) is 6.01. The van der Waals surface area contributed by atoms with Crippen molar-refractivity contribution in [3.8, 4) is 0 Å². The lowest BCUT2D eigenvalue weighted by Crippen LogP contribution is -2.37. The van der Waals surface area contributed by atoms with Crippen LogP contribution in [0.3, 0.4) is 0 Å². The lowest BCUT2D eigenvalue weighted by Gasteiger charge is -2.26. The van der Waals surface area contributed by atoms with E-state index in [1.165, 1.54) is 10.4 Å². The Morgan fingerprint density at radius 1 is 1.44 bits per heavy atom. The van der Waals surface area contributed by atoms with E-state index in [2.05, 4.69) is 44.5 Å². The zero-order valence-corrected chi connectivity index (χ0v) is 11.5. The van der Waals surface area contributed by atoms with Crippen molar-refractivity contribution in [3.63, 3.8) is 0 Å². The van der Waals surface area contributed by atoms with Gasteiger partial charge >= 0.3 is 0 Å². The van der Waals surface area contributed by atoms with Gasteiger partial charge in [-0.2, -0.15) is 0 Å². The van der Waals surface area contributed by atoms with Crippen molar-refractivity contribution in [2.24, 2.45) is 5.92 Å². The van der Waals surface area contributed by atoms with E-state index >= 15 is 0 Å². The summed E-state index contributed by atoms with van der Waals surface area (Å²) in [6.07, 6.45) is 1.10. The van der Waals surface area contributed by atoms with Crippen LogP contribution < -0.4 is 5.32 Å². The molecule has 0 amide bonds. The summed E-state index contributed by atoms with van der Waals surface area (Å²) in [7, 11) is 0. The van der Waals surface area contributed by atoms with Gasteiger partial charge in [0, 0.05) is 10.9 Å². The Labute approximate surface area is 103 Å². The lowest BCUT2D eigenvalue weighted by atomic mass is 10.00. The molecule has 1 rings (SSSR count). The normalized spacial score (nSPS) is 15.4. The fraction of sp³-hybridized carbons (Fsp3) is 0.692. The Hall–Kier alpha value is -0.380. The van der Waals surface area contributed by atoms with Gasteiger partial charge in [-0.1, -0.05) is 20.8 Å². The summed E-state index contributed by atoms with van der Waals surface area (Å²) in [6.45, 7) is 8.90. The minimum atomic E-state index is 0.0901. The van der Waals surface area contributed by atoms with E-state index < -0.39 is 0 Å². The van der Waals surface area contributed by atoms with Gasteiger partial charge < -0.3 is 10.4 Å². The number of aryl methyl sites for hydroxylation is 1. The van der Waals surface area contributed by atoms with E-state index in [0.29, 0.717) is 12.0 Å². The molecule has 0 fully saturated rings. The van der Waals surface area contributed by atoms with Gasteiger partial charge in [-0.3, -0.25) is 0 Å². The molecule has 1 heterocycles. The van der Waals surface area contributed by atoms with E-state index in [-0.39, 0.29) is 12.6 Å². The van der Waals surface area contributed by atoms with E-state index in [9.17, 15) is 5.11 Å². The van der Waals surface area contributed by atoms with Gasteiger partial charge in [0.1, 0.15) is 0 Å². The molecule has 2 N–H and O–H groups in total. The van der Waals surface area contributed by atoms with Gasteiger partial charge in [-0.25, -0.2) is 0 Å². The van der Waals surface area contributed by atoms with E-state index in [4.69, 9.17) is 0 Å². The van der Waals surface area contributed by atoms with Crippen LogP contribution in [0.15, 0.2) is 11.4 Å². The summed E-state index contributed by atoms with van der Waals surface area (Å²) >= 11 is 1.72. The number of aliphatic hydroxyl groups excluding tert-OH is 1. The van der Waals surface area contributed by atoms with Crippen molar-refractivity contribution in [2.45, 2.75) is 46.2 Å². The molecule has 92 valence electrons. The maximum atomic E-state index is 9.49. The molecule has 0 saturated heterocycles. The van der Waals surface area contributed by atoms with E-state index in [1.807, 2.05) is 0 Å². The van der Waals surface area contributed by atoms with Gasteiger partial charge in [0.05, 0.1) is 12.6 Å². The second kappa shape index (κ2) is 6.38. The van der Waals surface area contributed by atoms with Crippen LogP contribution in [0.25, 0.3) is 0 Å². The fourth-order valence-corrected chi connectivity index (χ4v) is 2.97. The molecule has 1 aromatic heterocycles. The summed E-state index contributed by atoms with van der Waals surface area (Å²) in [5.41, 5.74) is 1.27. The van der Waals surface area contributed by atoms with Crippen LogP contribution in [0.4, 0.5) is 0 Å². The molecule has 0 saturated carbocycles. The predicted molar refractivity (Wildman–Crippen MR) is 70.9 cm³/mol. The first kappa shape index (κ1) is 13.7. The SMILES string of the molecule is CCC(NC(CO)c1sccc1C)C(C)C. The maximum absolute atomic E-state index is 9.49. The monoisotopic (exact) mass is 241 g/mol. The summed E-state index contributed by atoms with van der Waals surface area (Å²) in [4.78, 5) is 1.27. The smallest absolute Gasteiger partial charge is 0.0654 e. The largest absolute Gasteiger partial charge is 0.394 e. The molecule has 0 aliphatic heterocycles. The number of aliphatic hydroxyl groups is 1. The molecular weight excluding hydrogens is 218 g/mol. The number of thiophene rings is 1. The van der Waals surface area contributed by atoms with Gasteiger partial charge in [0.2, 0.25) is 0 Å². The quantitative estimate of drug-likeness (QED) is 0.802. The second-order valence-electron chi connectivity index (χ2n) is 4.63. The molecule has 0 aliphatic carbocycles. The van der Waals surface area contributed by atoms with Crippen LogP contribution in [-0.2, 0) is 0 Å². The third-order valence-electron chi connectivity index (χ3n) is 3.06. The highest BCUT2D eigenvalue weighted by Crippen LogP contribution is 2.25. The lowest BCUT2D eigenvalue weighted by molar-refractivity contribution is 0.221. The Bertz CT molecular complexity index is 309. The molecule has 0 bridgehead atoms. The maximum Gasteiger partial charge on any atom is 0.0654 e. The van der Waals surface area contributed by atoms with Crippen molar-refractivity contribution < 1.29 is 5.11 Å². The number of nitrogens with one attached hydrogen (secondary N) is 1. The third-order valence-corrected chi connectivity index (χ3v) is 4.19. The average molecular weight is 241 g/mol. The first-order chi connectivity index (χ1) is 7.60. The highest BCUT2D eigenvalue weighted by atomic mass is 32.1. The minimum absolute atomic E-state index is 0.0901. The second-order valence-corrected chi connectivity index (χ2v) is 5.58. The van der Waals surface area contributed by atoms with Crippen LogP contribution in [-0.4, -0.2) is 17.8 Å². The molecule has 0 spiro atoms. The summed E-state index contributed by atoms with van der Waals surface area (Å²) in [6, 6.07) is 2.67. The molecular formula is C13H23NOS. The Balaban J connectivity index is 2.72. The predicted octanol–water partition coefficient (Wildman–Crippen LogP) is 3.11. The van der Waals surface area contributed by atoms with Crippen LogP contribution in [0, 0.1) is 12.8 Å². The Morgan fingerprint density at radius 3 is 2.50 bits per heavy atom. The number of hydrogen-bond donors (Lipinski definition) is 2. The van der Waals surface area contributed by atoms with Gasteiger partial charge in [-0.05, 0) is 36.3 Å². The first-order valence-corrected chi connectivity index (χ1v) is 6.89. The average Bonchev–Trinajstić information content (AvgIpc) is 2.66. The van der Waals surface area contributed by atoms with Gasteiger partial charge in [0.15, 0.2) is 0 Å². The molecule has 3 heteroatoms. The Morgan fingerprint density at radius 2 is 2.12 bits per heavy atom. The van der Waals surface area contributed by atoms with Crippen molar-refractivity contribution in [1.29, 1.82) is 0 Å². The zero-order valence-electron chi connectivity index (χ0n) is 10.7. The molecule has 0 aromatic carbocycles. The molecule has 0 aliphatic rings. The van der Waals surface area contributed by atoms with Crippen molar-refractivity contribution in [2.75, 3.05) is 6.61 Å². The van der Waals surface area contributed by atoms with Crippen molar-refractivity contribution >= 4 is 11.3 Å². The van der Waals surface area contributed by atoms with E-state index in [0.717, 1.165) is 6.42 Å². The van der Waals surface area contributed by atoms with E-state index in [1.54, 1.807) is 11.3 Å². The van der Waals surface area contributed by atoms with Gasteiger partial charge in [-0.15, -0.1) is 11.3 Å². The number of rotatable bonds is 6. The third kappa shape index (κ3) is 3.30. The Kier molecular flexibility index (Phi) is 5.46. The van der Waals surface area contributed by atoms with Gasteiger partial charge in [0.25, 0.3) is 0 Å². The van der Waals surface area contributed by atoms with Crippen LogP contribution >= 0.6 is 11.3 Å². The summed E-state index contributed by atoms with van der Waals surface area (Å²) < 4.78 is 0. The highest BCUT2D eigenvalue weighted by Gasteiger charge is 2.19. The molecule has 16 heavy (non-hydrogen) atoms. The summed E-state index contributed by atoms with van der Waals surface area (Å²) in [5.74, 6) is 0.597. The highest BCUT2D eigenvalue weighted by molar-refractivity contribution is 7.10. The molecule has 2 unspecified atom stereocenters. The van der Waals surface area contributed by atoms with Crippen molar-refractivity contribution in [1.82, 2.24) is 5.32 Å². The minimum Gasteiger partial charge on any atom is -0.394 e. The van der Waals surface area contributed by atoms with Crippen molar-refractivity contribution in [3.05, 3.63) is 21.9 Å². The fourth-order valence-electron chi connectivity index (χ4n) is 1.99. The summed E-state index contributed by atoms with van der Waals surface area (Å²) in [5, 5.41) is 15.1. The van der Waals surface area contributed by atoms with Crippen LogP contribution in [0.5, 0.6) is 0 Å². The van der Waals surface area contributed by atoms with Crippen LogP contribution in [0.1, 0.15) is 43.7 Å². The van der Waals surface area contributed by atoms with Crippen LogP contribution in [0.2, 0.25) is 0 Å². The molecule has 1 aromatic rings.